The van der Waals surface area contributed by atoms with Gasteiger partial charge < -0.3 is 20.1 Å². The van der Waals surface area contributed by atoms with Crippen LogP contribution in [-0.2, 0) is 11.0 Å². The van der Waals surface area contributed by atoms with Gasteiger partial charge in [-0.3, -0.25) is 19.3 Å². The second-order valence-corrected chi connectivity index (χ2v) is 12.5. The summed E-state index contributed by atoms with van der Waals surface area (Å²) in [5.41, 5.74) is -2.34. The van der Waals surface area contributed by atoms with E-state index in [9.17, 15) is 27.6 Å². The number of alkyl halides is 3. The summed E-state index contributed by atoms with van der Waals surface area (Å²) in [6.45, 7) is 11.1. The average Bonchev–Trinajstić information content (AvgIpc) is 2.90. The van der Waals surface area contributed by atoms with E-state index in [1.807, 2.05) is 46.6 Å². The highest BCUT2D eigenvalue weighted by molar-refractivity contribution is 6.07. The Hall–Kier alpha value is -3.93. The summed E-state index contributed by atoms with van der Waals surface area (Å²) in [5.74, 6) is -1.77. The van der Waals surface area contributed by atoms with E-state index in [4.69, 9.17) is 0 Å². The Balaban J connectivity index is 1.73. The maximum atomic E-state index is 15.8. The molecule has 0 saturated carbocycles. The lowest BCUT2D eigenvalue weighted by atomic mass is 9.91. The third-order valence-corrected chi connectivity index (χ3v) is 7.76. The molecule has 3 heterocycles. The van der Waals surface area contributed by atoms with Crippen molar-refractivity contribution in [2.45, 2.75) is 59.3 Å². The molecule has 1 aromatic heterocycles. The van der Waals surface area contributed by atoms with Crippen LogP contribution in [0.5, 0.6) is 0 Å². The minimum absolute atomic E-state index is 0.0756. The smallest absolute Gasteiger partial charge is 0.367 e. The molecule has 1 aromatic carbocycles. The Morgan fingerprint density at radius 3 is 2.28 bits per heavy atom. The normalized spacial score (nSPS) is 19.8. The van der Waals surface area contributed by atoms with Crippen LogP contribution in [0, 0.1) is 11.2 Å². The number of likely N-dealkylation sites (N-methyl/N-ethyl adjacent to an activating group) is 1. The fourth-order valence-electron chi connectivity index (χ4n) is 5.27. The van der Waals surface area contributed by atoms with E-state index >= 15 is 4.39 Å². The number of carbonyl (C=O) groups is 2. The summed E-state index contributed by atoms with van der Waals surface area (Å²) < 4.78 is 56.9. The van der Waals surface area contributed by atoms with Crippen molar-refractivity contribution in [3.05, 3.63) is 75.6 Å². The van der Waals surface area contributed by atoms with Crippen molar-refractivity contribution in [3.8, 4) is 0 Å². The van der Waals surface area contributed by atoms with Crippen LogP contribution in [-0.4, -0.2) is 65.4 Å². The average molecular weight is 604 g/mol. The highest BCUT2D eigenvalue weighted by Gasteiger charge is 2.36. The van der Waals surface area contributed by atoms with E-state index in [-0.39, 0.29) is 41.2 Å². The van der Waals surface area contributed by atoms with Crippen molar-refractivity contribution in [1.29, 1.82) is 0 Å². The number of nitrogens with one attached hydrogen (secondary N) is 2. The quantitative estimate of drug-likeness (QED) is 0.442. The van der Waals surface area contributed by atoms with E-state index < -0.39 is 34.6 Å². The van der Waals surface area contributed by atoms with Gasteiger partial charge in [-0.2, -0.15) is 13.2 Å². The molecule has 0 radical (unpaired) electrons. The van der Waals surface area contributed by atoms with Gasteiger partial charge in [0, 0.05) is 62.2 Å². The molecule has 8 nitrogen and oxygen atoms in total. The van der Waals surface area contributed by atoms with Gasteiger partial charge in [0.05, 0.1) is 22.5 Å². The number of carbonyl (C=O) groups excluding carboxylic acids is 2. The van der Waals surface area contributed by atoms with Crippen molar-refractivity contribution in [2.75, 3.05) is 36.9 Å². The summed E-state index contributed by atoms with van der Waals surface area (Å²) >= 11 is 0. The van der Waals surface area contributed by atoms with Crippen LogP contribution in [0.3, 0.4) is 0 Å². The number of rotatable bonds is 5. The van der Waals surface area contributed by atoms with Gasteiger partial charge in [0.1, 0.15) is 5.82 Å². The molecule has 12 heteroatoms. The van der Waals surface area contributed by atoms with E-state index in [1.54, 1.807) is 18.4 Å². The molecule has 2 amide bonds. The number of H-pyrrole nitrogens is 1. The Bertz CT molecular complexity index is 1510. The fourth-order valence-corrected chi connectivity index (χ4v) is 5.27. The number of pyridine rings is 1. The number of aromatic nitrogens is 1. The van der Waals surface area contributed by atoms with Gasteiger partial charge in [0.2, 0.25) is 11.5 Å². The van der Waals surface area contributed by atoms with Gasteiger partial charge in [-0.05, 0) is 50.1 Å². The SMILES string of the molecule is C[C@@H]1CN(c2cc(F)c(C3=CCN(C(=O)CC(C)(C)C)C=C3)cc2NC(=O)c2c[nH]c(=O)cc2C(F)(F)F)C[C@H](C)N1C. The van der Waals surface area contributed by atoms with Crippen molar-refractivity contribution < 1.29 is 27.2 Å². The van der Waals surface area contributed by atoms with Crippen LogP contribution < -0.4 is 15.8 Å². The van der Waals surface area contributed by atoms with Gasteiger partial charge in [-0.15, -0.1) is 0 Å². The standard InChI is InChI=1S/C31H37F4N5O3/c1-18-16-40(17-19(2)38(18)6)26-13-24(32)21(20-7-9-39(10-8-20)28(42)14-30(3,4)5)11-25(26)37-29(43)22-15-36-27(41)12-23(22)31(33,34)35/h7-9,11-13,15,18-19H,10,14,16-17H2,1-6H3,(H,36,41)(H,37,43)/t18-,19+. The summed E-state index contributed by atoms with van der Waals surface area (Å²) in [7, 11) is 1.98. The molecule has 232 valence electrons. The van der Waals surface area contributed by atoms with E-state index in [1.165, 1.54) is 17.0 Å². The predicted molar refractivity (Wildman–Crippen MR) is 158 cm³/mol. The van der Waals surface area contributed by atoms with Crippen LogP contribution in [0.4, 0.5) is 28.9 Å². The van der Waals surface area contributed by atoms with E-state index in [2.05, 4.69) is 15.2 Å². The van der Waals surface area contributed by atoms with Crippen LogP contribution in [0.2, 0.25) is 0 Å². The lowest BCUT2D eigenvalue weighted by Crippen LogP contribution is -2.55. The maximum absolute atomic E-state index is 15.8. The number of benzene rings is 1. The second kappa shape index (κ2) is 12.0. The van der Waals surface area contributed by atoms with Crippen LogP contribution in [0.1, 0.15) is 62.5 Å². The first-order valence-corrected chi connectivity index (χ1v) is 14.0. The maximum Gasteiger partial charge on any atom is 0.417 e. The van der Waals surface area contributed by atoms with Gasteiger partial charge in [0.25, 0.3) is 5.91 Å². The summed E-state index contributed by atoms with van der Waals surface area (Å²) in [4.78, 5) is 45.3. The summed E-state index contributed by atoms with van der Waals surface area (Å²) in [6.07, 6.45) is 0.959. The molecule has 0 spiro atoms. The third-order valence-electron chi connectivity index (χ3n) is 7.76. The number of amides is 2. The number of nitrogens with zero attached hydrogens (tertiary/aromatic N) is 3. The second-order valence-electron chi connectivity index (χ2n) is 12.5. The first-order valence-electron chi connectivity index (χ1n) is 14.0. The highest BCUT2D eigenvalue weighted by atomic mass is 19.4. The number of hydrogen-bond donors (Lipinski definition) is 2. The van der Waals surface area contributed by atoms with Gasteiger partial charge in [-0.1, -0.05) is 26.8 Å². The zero-order valence-electron chi connectivity index (χ0n) is 25.1. The molecular formula is C31H37F4N5O3. The van der Waals surface area contributed by atoms with Gasteiger partial charge in [0.15, 0.2) is 0 Å². The molecule has 43 heavy (non-hydrogen) atoms. The monoisotopic (exact) mass is 603 g/mol. The molecule has 0 aliphatic carbocycles. The highest BCUT2D eigenvalue weighted by Crippen LogP contribution is 2.37. The van der Waals surface area contributed by atoms with Crippen LogP contribution in [0.25, 0.3) is 5.57 Å². The van der Waals surface area contributed by atoms with Gasteiger partial charge in [-0.25, -0.2) is 4.39 Å². The summed E-state index contributed by atoms with van der Waals surface area (Å²) in [5, 5.41) is 2.56. The molecule has 0 bridgehead atoms. The number of allylic oxidation sites excluding steroid dienone is 2. The van der Waals surface area contributed by atoms with Crippen molar-refractivity contribution in [1.82, 2.24) is 14.8 Å². The zero-order valence-corrected chi connectivity index (χ0v) is 25.1. The molecule has 0 unspecified atom stereocenters. The number of aromatic amines is 1. The molecule has 2 N–H and O–H groups in total. The largest absolute Gasteiger partial charge is 0.417 e. The molecule has 2 aromatic rings. The van der Waals surface area contributed by atoms with Gasteiger partial charge >= 0.3 is 6.18 Å². The van der Waals surface area contributed by atoms with Crippen molar-refractivity contribution in [3.63, 3.8) is 0 Å². The van der Waals surface area contributed by atoms with Crippen LogP contribution >= 0.6 is 0 Å². The Labute approximate surface area is 248 Å². The molecule has 2 atom stereocenters. The molecule has 1 saturated heterocycles. The van der Waals surface area contributed by atoms with Crippen molar-refractivity contribution >= 4 is 28.8 Å². The Morgan fingerprint density at radius 2 is 1.72 bits per heavy atom. The minimum atomic E-state index is -4.95. The minimum Gasteiger partial charge on any atom is -0.367 e. The number of halogens is 4. The molecule has 2 aliphatic rings. The topological polar surface area (TPSA) is 88.7 Å². The summed E-state index contributed by atoms with van der Waals surface area (Å²) in [6, 6.07) is 3.16. The van der Waals surface area contributed by atoms with Crippen molar-refractivity contribution in [2.24, 2.45) is 5.41 Å². The Morgan fingerprint density at radius 1 is 1.07 bits per heavy atom. The number of hydrogen-bond acceptors (Lipinski definition) is 5. The van der Waals surface area contributed by atoms with E-state index in [0.717, 1.165) is 6.20 Å². The first-order chi connectivity index (χ1) is 19.9. The predicted octanol–water partition coefficient (Wildman–Crippen LogP) is 5.49. The molecule has 1 fully saturated rings. The molecular weight excluding hydrogens is 566 g/mol. The lowest BCUT2D eigenvalue weighted by Gasteiger charge is -2.44. The number of piperazine rings is 1. The number of anilines is 2. The molecule has 4 rings (SSSR count). The third kappa shape index (κ3) is 7.35. The lowest BCUT2D eigenvalue weighted by molar-refractivity contribution is -0.138. The Kier molecular flexibility index (Phi) is 8.92. The fraction of sp³-hybridized carbons (Fsp3) is 0.452. The zero-order chi connectivity index (χ0) is 31.9. The van der Waals surface area contributed by atoms with E-state index in [0.29, 0.717) is 36.8 Å². The molecule has 2 aliphatic heterocycles. The first kappa shape index (κ1) is 32.0. The van der Waals surface area contributed by atoms with Crippen LogP contribution in [0.15, 0.2) is 47.5 Å².